The van der Waals surface area contributed by atoms with Gasteiger partial charge in [0.2, 0.25) is 0 Å². The molecule has 0 fully saturated rings. The maximum absolute atomic E-state index is 12.6. The second-order valence-corrected chi connectivity index (χ2v) is 8.14. The first-order valence-electron chi connectivity index (χ1n) is 9.13. The third-order valence-corrected chi connectivity index (χ3v) is 5.22. The molecule has 0 heterocycles. The molecule has 0 aromatic heterocycles. The summed E-state index contributed by atoms with van der Waals surface area (Å²) in [5, 5.41) is 19.1. The summed E-state index contributed by atoms with van der Waals surface area (Å²) in [6.07, 6.45) is 5.35. The molecule has 2 rings (SSSR count). The maximum Gasteiger partial charge on any atom is 0.339 e. The van der Waals surface area contributed by atoms with Crippen LogP contribution in [0.15, 0.2) is 35.4 Å². The summed E-state index contributed by atoms with van der Waals surface area (Å²) in [4.78, 5) is 12.6. The minimum atomic E-state index is -0.419. The van der Waals surface area contributed by atoms with Gasteiger partial charge < -0.3 is 14.9 Å². The Kier molecular flexibility index (Phi) is 6.43. The van der Waals surface area contributed by atoms with E-state index in [1.807, 2.05) is 19.1 Å². The van der Waals surface area contributed by atoms with Crippen LogP contribution in [0.1, 0.15) is 57.2 Å². The van der Waals surface area contributed by atoms with Gasteiger partial charge in [-0.2, -0.15) is 0 Å². The van der Waals surface area contributed by atoms with Gasteiger partial charge in [0.05, 0.1) is 13.2 Å². The van der Waals surface area contributed by atoms with Gasteiger partial charge in [0.1, 0.15) is 5.75 Å². The number of allylic oxidation sites excluding steroid dienone is 3. The van der Waals surface area contributed by atoms with E-state index in [2.05, 4.69) is 27.7 Å². The lowest BCUT2D eigenvalue weighted by Gasteiger charge is -2.31. The van der Waals surface area contributed by atoms with Crippen LogP contribution in [0.4, 0.5) is 0 Å². The monoisotopic (exact) mass is 358 g/mol. The topological polar surface area (TPSA) is 66.8 Å². The zero-order valence-electron chi connectivity index (χ0n) is 16.4. The van der Waals surface area contributed by atoms with Crippen molar-refractivity contribution in [2.24, 2.45) is 11.3 Å². The molecule has 0 amide bonds. The number of benzene rings is 1. The zero-order valence-corrected chi connectivity index (χ0v) is 16.4. The van der Waals surface area contributed by atoms with Gasteiger partial charge in [0.25, 0.3) is 0 Å². The van der Waals surface area contributed by atoms with E-state index in [9.17, 15) is 15.0 Å². The van der Waals surface area contributed by atoms with Crippen molar-refractivity contribution in [1.82, 2.24) is 0 Å². The van der Waals surface area contributed by atoms with Crippen molar-refractivity contribution >= 4 is 5.97 Å². The number of esters is 1. The van der Waals surface area contributed by atoms with E-state index in [-0.39, 0.29) is 24.4 Å². The molecular weight excluding hydrogens is 328 g/mol. The number of rotatable bonds is 5. The predicted octanol–water partition coefficient (Wildman–Crippen LogP) is 4.21. The van der Waals surface area contributed by atoms with Crippen LogP contribution in [-0.2, 0) is 18.0 Å². The average molecular weight is 358 g/mol. The maximum atomic E-state index is 12.6. The minimum Gasteiger partial charge on any atom is -0.422 e. The number of carbonyl (C=O) groups excluding carboxylic acids is 1. The van der Waals surface area contributed by atoms with Crippen molar-refractivity contribution in [2.45, 2.75) is 60.7 Å². The summed E-state index contributed by atoms with van der Waals surface area (Å²) in [6, 6.07) is 3.53. The Morgan fingerprint density at radius 2 is 1.69 bits per heavy atom. The van der Waals surface area contributed by atoms with Crippen molar-refractivity contribution in [3.63, 3.8) is 0 Å². The second kappa shape index (κ2) is 8.19. The van der Waals surface area contributed by atoms with Crippen molar-refractivity contribution in [3.05, 3.63) is 52.1 Å². The Balaban J connectivity index is 2.22. The molecule has 0 aliphatic heterocycles. The van der Waals surface area contributed by atoms with Crippen LogP contribution < -0.4 is 4.74 Å². The fourth-order valence-corrected chi connectivity index (χ4v) is 3.19. The molecule has 0 saturated carbocycles. The molecule has 26 heavy (non-hydrogen) atoms. The third kappa shape index (κ3) is 4.63. The highest BCUT2D eigenvalue weighted by Gasteiger charge is 2.26. The Labute approximate surface area is 156 Å². The molecule has 1 unspecified atom stereocenters. The van der Waals surface area contributed by atoms with Gasteiger partial charge in [-0.15, -0.1) is 0 Å². The van der Waals surface area contributed by atoms with E-state index < -0.39 is 5.97 Å². The molecule has 142 valence electrons. The lowest BCUT2D eigenvalue weighted by atomic mass is 9.75. The number of hydrogen-bond donors (Lipinski definition) is 2. The molecule has 1 aliphatic rings. The Morgan fingerprint density at radius 1 is 1.12 bits per heavy atom. The number of aryl methyl sites for hydroxylation is 1. The smallest absolute Gasteiger partial charge is 0.339 e. The highest BCUT2D eigenvalue weighted by Crippen LogP contribution is 2.36. The Hall–Kier alpha value is -1.91. The average Bonchev–Trinajstić information content (AvgIpc) is 2.61. The fraction of sp³-hybridized carbons (Fsp3) is 0.500. The van der Waals surface area contributed by atoms with Crippen LogP contribution in [0.25, 0.3) is 0 Å². The molecule has 0 bridgehead atoms. The standard InChI is InChI=1S/C22H30O4/c1-14-10-18(12-23)20(19(11-14)13-24)26-21(25)17-8-6-16(7-9-17)15(2)22(3,4)5/h6,8,10-11,15,23-24H,7,9,12-13H2,1-5H3. The lowest BCUT2D eigenvalue weighted by molar-refractivity contribution is -0.130. The quantitative estimate of drug-likeness (QED) is 0.611. The molecule has 0 radical (unpaired) electrons. The van der Waals surface area contributed by atoms with Crippen molar-refractivity contribution in [2.75, 3.05) is 0 Å². The van der Waals surface area contributed by atoms with Crippen molar-refractivity contribution in [3.8, 4) is 5.75 Å². The minimum absolute atomic E-state index is 0.186. The highest BCUT2D eigenvalue weighted by atomic mass is 16.5. The van der Waals surface area contributed by atoms with Gasteiger partial charge in [-0.25, -0.2) is 4.79 Å². The van der Waals surface area contributed by atoms with Crippen molar-refractivity contribution in [1.29, 1.82) is 0 Å². The lowest BCUT2D eigenvalue weighted by Crippen LogP contribution is -2.21. The second-order valence-electron chi connectivity index (χ2n) is 8.14. The molecule has 0 spiro atoms. The molecule has 4 heteroatoms. The van der Waals surface area contributed by atoms with E-state index in [1.165, 1.54) is 5.57 Å². The van der Waals surface area contributed by atoms with Crippen LogP contribution in [0.2, 0.25) is 0 Å². The molecule has 0 saturated heterocycles. The molecule has 1 aromatic carbocycles. The van der Waals surface area contributed by atoms with Gasteiger partial charge in [-0.3, -0.25) is 0 Å². The van der Waals surface area contributed by atoms with Crippen LogP contribution >= 0.6 is 0 Å². The largest absolute Gasteiger partial charge is 0.422 e. The van der Waals surface area contributed by atoms with Crippen LogP contribution in [0.3, 0.4) is 0 Å². The van der Waals surface area contributed by atoms with E-state index in [1.54, 1.807) is 12.1 Å². The molecule has 4 nitrogen and oxygen atoms in total. The first-order valence-corrected chi connectivity index (χ1v) is 9.13. The number of aliphatic hydroxyl groups excluding tert-OH is 2. The first kappa shape index (κ1) is 20.4. The van der Waals surface area contributed by atoms with Gasteiger partial charge in [-0.1, -0.05) is 63.1 Å². The van der Waals surface area contributed by atoms with E-state index in [0.717, 1.165) is 12.0 Å². The van der Waals surface area contributed by atoms with Gasteiger partial charge in [-0.05, 0) is 31.1 Å². The number of hydrogen-bond acceptors (Lipinski definition) is 4. The fourth-order valence-electron chi connectivity index (χ4n) is 3.19. The third-order valence-electron chi connectivity index (χ3n) is 5.22. The first-order chi connectivity index (χ1) is 12.2. The molecule has 1 atom stereocenters. The van der Waals surface area contributed by atoms with Gasteiger partial charge >= 0.3 is 5.97 Å². The van der Waals surface area contributed by atoms with Crippen LogP contribution in [-0.4, -0.2) is 16.2 Å². The predicted molar refractivity (Wildman–Crippen MR) is 103 cm³/mol. The van der Waals surface area contributed by atoms with Crippen LogP contribution in [0.5, 0.6) is 5.75 Å². The summed E-state index contributed by atoms with van der Waals surface area (Å²) in [7, 11) is 0. The number of ether oxygens (including phenoxy) is 1. The Morgan fingerprint density at radius 3 is 2.12 bits per heavy atom. The highest BCUT2D eigenvalue weighted by molar-refractivity contribution is 5.91. The molecule has 1 aromatic rings. The van der Waals surface area contributed by atoms with Gasteiger partial charge in [0, 0.05) is 16.7 Å². The van der Waals surface area contributed by atoms with E-state index in [0.29, 0.717) is 29.0 Å². The van der Waals surface area contributed by atoms with Gasteiger partial charge in [0.15, 0.2) is 0 Å². The van der Waals surface area contributed by atoms with Crippen molar-refractivity contribution < 1.29 is 19.7 Å². The van der Waals surface area contributed by atoms with E-state index >= 15 is 0 Å². The number of carbonyl (C=O) groups is 1. The Bertz CT molecular complexity index is 710. The molecular formula is C22H30O4. The van der Waals surface area contributed by atoms with E-state index in [4.69, 9.17) is 4.74 Å². The number of aliphatic hydroxyl groups is 2. The molecule has 1 aliphatic carbocycles. The summed E-state index contributed by atoms with van der Waals surface area (Å²) < 4.78 is 5.56. The SMILES string of the molecule is Cc1cc(CO)c(OC(=O)C2=CC=C(C(C)C(C)(C)C)CC2)c(CO)c1. The summed E-state index contributed by atoms with van der Waals surface area (Å²) in [5.41, 5.74) is 4.07. The molecule has 2 N–H and O–H groups in total. The summed E-state index contributed by atoms with van der Waals surface area (Å²) in [5.74, 6) is 0.289. The normalized spacial score (nSPS) is 16.0. The summed E-state index contributed by atoms with van der Waals surface area (Å²) >= 11 is 0. The van der Waals surface area contributed by atoms with Crippen LogP contribution in [0, 0.1) is 18.3 Å². The summed E-state index contributed by atoms with van der Waals surface area (Å²) in [6.45, 7) is 10.3. The zero-order chi connectivity index (χ0) is 19.5.